The quantitative estimate of drug-likeness (QED) is 0.898. The van der Waals surface area contributed by atoms with Gasteiger partial charge in [-0.25, -0.2) is 0 Å². The van der Waals surface area contributed by atoms with Crippen LogP contribution in [0.2, 0.25) is 10.0 Å². The number of hydrogen-bond acceptors (Lipinski definition) is 2. The Kier molecular flexibility index (Phi) is 4.09. The lowest BCUT2D eigenvalue weighted by molar-refractivity contribution is 1.15. The van der Waals surface area contributed by atoms with Gasteiger partial charge in [-0.15, -0.1) is 0 Å². The molecule has 0 radical (unpaired) electrons. The highest BCUT2D eigenvalue weighted by molar-refractivity contribution is 6.36. The molecule has 2 nitrogen and oxygen atoms in total. The van der Waals surface area contributed by atoms with Gasteiger partial charge in [0.15, 0.2) is 0 Å². The Labute approximate surface area is 116 Å². The maximum Gasteiger partial charge on any atom is 0.0991 e. The van der Waals surface area contributed by atoms with E-state index in [1.165, 1.54) is 0 Å². The van der Waals surface area contributed by atoms with Gasteiger partial charge in [-0.3, -0.25) is 0 Å². The summed E-state index contributed by atoms with van der Waals surface area (Å²) >= 11 is 12.2. The molecule has 2 rings (SSSR count). The van der Waals surface area contributed by atoms with Crippen LogP contribution in [-0.4, -0.2) is 0 Å². The number of rotatable bonds is 3. The third-order valence-corrected chi connectivity index (χ3v) is 3.25. The first-order chi connectivity index (χ1) is 8.70. The maximum absolute atomic E-state index is 8.70. The highest BCUT2D eigenvalue weighted by atomic mass is 35.5. The van der Waals surface area contributed by atoms with Gasteiger partial charge in [0.25, 0.3) is 0 Å². The Morgan fingerprint density at radius 2 is 1.61 bits per heavy atom. The lowest BCUT2D eigenvalue weighted by atomic mass is 10.2. The first-order valence-corrected chi connectivity index (χ1v) is 6.13. The van der Waals surface area contributed by atoms with E-state index < -0.39 is 0 Å². The van der Waals surface area contributed by atoms with Gasteiger partial charge in [-0.1, -0.05) is 29.3 Å². The standard InChI is InChI=1S/C14H10Cl2N2/c15-13-2-1-3-14(16)12(13)9-18-11-6-4-10(8-17)5-7-11/h1-7,18H,9H2. The van der Waals surface area contributed by atoms with Gasteiger partial charge in [0, 0.05) is 27.8 Å². The van der Waals surface area contributed by atoms with E-state index in [0.29, 0.717) is 22.2 Å². The van der Waals surface area contributed by atoms with Crippen molar-refractivity contribution in [1.29, 1.82) is 5.26 Å². The van der Waals surface area contributed by atoms with Gasteiger partial charge in [0.1, 0.15) is 0 Å². The molecule has 0 saturated carbocycles. The number of halogens is 2. The molecule has 0 spiro atoms. The molecule has 2 aromatic carbocycles. The van der Waals surface area contributed by atoms with Crippen molar-refractivity contribution in [2.75, 3.05) is 5.32 Å². The molecular formula is C14H10Cl2N2. The second-order valence-corrected chi connectivity index (χ2v) is 4.56. The summed E-state index contributed by atoms with van der Waals surface area (Å²) in [7, 11) is 0. The number of anilines is 1. The molecule has 0 aliphatic carbocycles. The zero-order valence-corrected chi connectivity index (χ0v) is 11.0. The average molecular weight is 277 g/mol. The summed E-state index contributed by atoms with van der Waals surface area (Å²) in [6.45, 7) is 0.546. The SMILES string of the molecule is N#Cc1ccc(NCc2c(Cl)cccc2Cl)cc1. The summed E-state index contributed by atoms with van der Waals surface area (Å²) in [6.07, 6.45) is 0. The molecule has 0 atom stereocenters. The van der Waals surface area contributed by atoms with Gasteiger partial charge >= 0.3 is 0 Å². The number of hydrogen-bond donors (Lipinski definition) is 1. The molecule has 90 valence electrons. The van der Waals surface area contributed by atoms with Crippen molar-refractivity contribution >= 4 is 28.9 Å². The second kappa shape index (κ2) is 5.77. The van der Waals surface area contributed by atoms with Crippen LogP contribution in [0, 0.1) is 11.3 Å². The van der Waals surface area contributed by atoms with Crippen LogP contribution >= 0.6 is 23.2 Å². The van der Waals surface area contributed by atoms with Crippen LogP contribution in [0.5, 0.6) is 0 Å². The van der Waals surface area contributed by atoms with E-state index in [0.717, 1.165) is 11.3 Å². The van der Waals surface area contributed by atoms with E-state index in [2.05, 4.69) is 11.4 Å². The van der Waals surface area contributed by atoms with Crippen molar-refractivity contribution < 1.29 is 0 Å². The predicted molar refractivity (Wildman–Crippen MR) is 74.9 cm³/mol. The Morgan fingerprint density at radius 1 is 1.00 bits per heavy atom. The molecule has 0 aliphatic rings. The van der Waals surface area contributed by atoms with Crippen molar-refractivity contribution in [2.24, 2.45) is 0 Å². The third-order valence-electron chi connectivity index (χ3n) is 2.54. The molecule has 0 fully saturated rings. The van der Waals surface area contributed by atoms with Crippen molar-refractivity contribution in [3.8, 4) is 6.07 Å². The zero-order valence-electron chi connectivity index (χ0n) is 9.45. The number of nitriles is 1. The fourth-order valence-electron chi connectivity index (χ4n) is 1.55. The molecule has 0 unspecified atom stereocenters. The molecule has 0 bridgehead atoms. The highest BCUT2D eigenvalue weighted by Gasteiger charge is 2.04. The first kappa shape index (κ1) is 12.8. The van der Waals surface area contributed by atoms with Crippen LogP contribution in [-0.2, 0) is 6.54 Å². The van der Waals surface area contributed by atoms with E-state index in [1.807, 2.05) is 30.3 Å². The lowest BCUT2D eigenvalue weighted by Gasteiger charge is -2.09. The van der Waals surface area contributed by atoms with Crippen molar-refractivity contribution in [3.05, 3.63) is 63.6 Å². The van der Waals surface area contributed by atoms with E-state index >= 15 is 0 Å². The maximum atomic E-state index is 8.70. The van der Waals surface area contributed by atoms with Crippen molar-refractivity contribution in [1.82, 2.24) is 0 Å². The van der Waals surface area contributed by atoms with E-state index in [9.17, 15) is 0 Å². The third kappa shape index (κ3) is 2.95. The molecule has 4 heteroatoms. The number of nitrogens with zero attached hydrogens (tertiary/aromatic N) is 1. The van der Waals surface area contributed by atoms with E-state index in [4.69, 9.17) is 28.5 Å². The van der Waals surface area contributed by atoms with Crippen LogP contribution in [0.4, 0.5) is 5.69 Å². The summed E-state index contributed by atoms with van der Waals surface area (Å²) < 4.78 is 0. The normalized spacial score (nSPS) is 9.83. The first-order valence-electron chi connectivity index (χ1n) is 5.37. The predicted octanol–water partition coefficient (Wildman–Crippen LogP) is 4.48. The summed E-state index contributed by atoms with van der Waals surface area (Å²) in [6, 6.07) is 14.7. The van der Waals surface area contributed by atoms with E-state index in [-0.39, 0.29) is 0 Å². The Hall–Kier alpha value is -1.69. The second-order valence-electron chi connectivity index (χ2n) is 3.74. The molecule has 18 heavy (non-hydrogen) atoms. The zero-order chi connectivity index (χ0) is 13.0. The Bertz CT molecular complexity index is 565. The van der Waals surface area contributed by atoms with Crippen LogP contribution < -0.4 is 5.32 Å². The minimum absolute atomic E-state index is 0.546. The van der Waals surface area contributed by atoms with E-state index in [1.54, 1.807) is 12.1 Å². The van der Waals surface area contributed by atoms with Gasteiger partial charge in [-0.05, 0) is 36.4 Å². The number of nitrogens with one attached hydrogen (secondary N) is 1. The smallest absolute Gasteiger partial charge is 0.0991 e. The topological polar surface area (TPSA) is 35.8 Å². The van der Waals surface area contributed by atoms with Crippen molar-refractivity contribution in [3.63, 3.8) is 0 Å². The van der Waals surface area contributed by atoms with Crippen molar-refractivity contribution in [2.45, 2.75) is 6.54 Å². The monoisotopic (exact) mass is 276 g/mol. The van der Waals surface area contributed by atoms with Gasteiger partial charge < -0.3 is 5.32 Å². The molecule has 2 aromatic rings. The van der Waals surface area contributed by atoms with Crippen LogP contribution in [0.1, 0.15) is 11.1 Å². The van der Waals surface area contributed by atoms with Crippen LogP contribution in [0.25, 0.3) is 0 Å². The largest absolute Gasteiger partial charge is 0.381 e. The highest BCUT2D eigenvalue weighted by Crippen LogP contribution is 2.25. The molecule has 1 N–H and O–H groups in total. The Morgan fingerprint density at radius 3 is 2.17 bits per heavy atom. The van der Waals surface area contributed by atoms with Gasteiger partial charge in [-0.2, -0.15) is 5.26 Å². The molecule has 0 heterocycles. The summed E-state index contributed by atoms with van der Waals surface area (Å²) in [4.78, 5) is 0. The average Bonchev–Trinajstić information content (AvgIpc) is 2.39. The van der Waals surface area contributed by atoms with Crippen LogP contribution in [0.15, 0.2) is 42.5 Å². The summed E-state index contributed by atoms with van der Waals surface area (Å²) in [5, 5.41) is 13.2. The molecular weight excluding hydrogens is 267 g/mol. The van der Waals surface area contributed by atoms with Crippen LogP contribution in [0.3, 0.4) is 0 Å². The lowest BCUT2D eigenvalue weighted by Crippen LogP contribution is -2.00. The van der Waals surface area contributed by atoms with Gasteiger partial charge in [0.05, 0.1) is 11.6 Å². The summed E-state index contributed by atoms with van der Waals surface area (Å²) in [5.41, 5.74) is 2.42. The number of benzene rings is 2. The molecule has 0 aromatic heterocycles. The molecule has 0 amide bonds. The molecule has 0 aliphatic heterocycles. The van der Waals surface area contributed by atoms with Gasteiger partial charge in [0.2, 0.25) is 0 Å². The minimum atomic E-state index is 0.546. The molecule has 0 saturated heterocycles. The fraction of sp³-hybridized carbons (Fsp3) is 0.0714. The summed E-state index contributed by atoms with van der Waals surface area (Å²) in [5.74, 6) is 0. The Balaban J connectivity index is 2.09. The fourth-order valence-corrected chi connectivity index (χ4v) is 2.09. The minimum Gasteiger partial charge on any atom is -0.381 e.